The Balaban J connectivity index is 1.93. The number of carbonyl (C=O) groups is 1. The van der Waals surface area contributed by atoms with Crippen molar-refractivity contribution in [3.8, 4) is 5.75 Å². The number of nitrogens with zero attached hydrogens (tertiary/aromatic N) is 1. The first-order valence-corrected chi connectivity index (χ1v) is 6.92. The normalized spacial score (nSPS) is 10.3. The highest BCUT2D eigenvalue weighted by Crippen LogP contribution is 2.13. The molecule has 0 fully saturated rings. The van der Waals surface area contributed by atoms with Gasteiger partial charge in [0.2, 0.25) is 5.78 Å². The number of aryl methyl sites for hydroxylation is 2. The molecule has 0 aliphatic heterocycles. The van der Waals surface area contributed by atoms with E-state index in [1.54, 1.807) is 12.3 Å². The van der Waals surface area contributed by atoms with Gasteiger partial charge in [-0.3, -0.25) is 9.78 Å². The lowest BCUT2D eigenvalue weighted by Crippen LogP contribution is -2.13. The number of hydrogen-bond acceptors (Lipinski definition) is 3. The number of rotatable bonds is 6. The van der Waals surface area contributed by atoms with Crippen molar-refractivity contribution in [3.05, 3.63) is 59.4 Å². The Hall–Kier alpha value is -2.16. The van der Waals surface area contributed by atoms with E-state index < -0.39 is 0 Å². The van der Waals surface area contributed by atoms with E-state index in [-0.39, 0.29) is 12.4 Å². The van der Waals surface area contributed by atoms with Crippen LogP contribution in [0, 0.1) is 0 Å². The lowest BCUT2D eigenvalue weighted by atomic mass is 10.2. The molecular formula is C17H19NO2. The standard InChI is InChI=1S/C17H19NO2/c1-3-13-5-8-15(9-6-13)20-12-17(19)16-10-7-14(4-2)11-18-16/h5-11H,3-4,12H2,1-2H3. The van der Waals surface area contributed by atoms with Gasteiger partial charge < -0.3 is 4.74 Å². The molecule has 3 heteroatoms. The molecule has 0 radical (unpaired) electrons. The van der Waals surface area contributed by atoms with Crippen LogP contribution in [0.3, 0.4) is 0 Å². The highest BCUT2D eigenvalue weighted by atomic mass is 16.5. The minimum atomic E-state index is -0.104. The summed E-state index contributed by atoms with van der Waals surface area (Å²) in [6.45, 7) is 4.18. The van der Waals surface area contributed by atoms with Crippen LogP contribution in [0.5, 0.6) is 5.75 Å². The van der Waals surface area contributed by atoms with E-state index in [1.165, 1.54) is 5.56 Å². The highest BCUT2D eigenvalue weighted by molar-refractivity contribution is 5.95. The predicted molar refractivity (Wildman–Crippen MR) is 79.3 cm³/mol. The molecule has 1 aromatic heterocycles. The van der Waals surface area contributed by atoms with Gasteiger partial charge in [0.25, 0.3) is 0 Å². The molecule has 2 rings (SSSR count). The molecule has 0 spiro atoms. The fourth-order valence-electron chi connectivity index (χ4n) is 1.84. The number of carbonyl (C=O) groups excluding carboxylic acids is 1. The maximum absolute atomic E-state index is 12.0. The number of ketones is 1. The fraction of sp³-hybridized carbons (Fsp3) is 0.294. The van der Waals surface area contributed by atoms with Gasteiger partial charge >= 0.3 is 0 Å². The zero-order valence-electron chi connectivity index (χ0n) is 11.9. The first kappa shape index (κ1) is 14.3. The van der Waals surface area contributed by atoms with Crippen LogP contribution in [-0.2, 0) is 12.8 Å². The van der Waals surface area contributed by atoms with E-state index in [4.69, 9.17) is 4.74 Å². The SMILES string of the molecule is CCc1ccc(OCC(=O)c2ccc(CC)cn2)cc1. The van der Waals surface area contributed by atoms with Crippen LogP contribution in [0.15, 0.2) is 42.6 Å². The Morgan fingerprint density at radius 2 is 1.65 bits per heavy atom. The second kappa shape index (κ2) is 6.85. The van der Waals surface area contributed by atoms with E-state index >= 15 is 0 Å². The van der Waals surface area contributed by atoms with E-state index in [0.29, 0.717) is 11.4 Å². The summed E-state index contributed by atoms with van der Waals surface area (Å²) in [6.07, 6.45) is 3.65. The number of ether oxygens (including phenoxy) is 1. The van der Waals surface area contributed by atoms with Crippen LogP contribution >= 0.6 is 0 Å². The molecule has 1 heterocycles. The summed E-state index contributed by atoms with van der Waals surface area (Å²) in [6, 6.07) is 11.5. The Kier molecular flexibility index (Phi) is 4.88. The van der Waals surface area contributed by atoms with E-state index in [0.717, 1.165) is 18.4 Å². The van der Waals surface area contributed by atoms with E-state index in [2.05, 4.69) is 18.8 Å². The molecule has 0 bridgehead atoms. The Morgan fingerprint density at radius 3 is 2.20 bits per heavy atom. The zero-order valence-corrected chi connectivity index (χ0v) is 11.9. The second-order valence-corrected chi connectivity index (χ2v) is 4.61. The molecule has 0 aliphatic rings. The van der Waals surface area contributed by atoms with Gasteiger partial charge in [0.1, 0.15) is 11.4 Å². The third-order valence-corrected chi connectivity index (χ3v) is 3.22. The number of hydrogen-bond donors (Lipinski definition) is 0. The largest absolute Gasteiger partial charge is 0.485 e. The van der Waals surface area contributed by atoms with Crippen molar-refractivity contribution < 1.29 is 9.53 Å². The van der Waals surface area contributed by atoms with Crippen LogP contribution < -0.4 is 4.74 Å². The Bertz CT molecular complexity index is 559. The van der Waals surface area contributed by atoms with Gasteiger partial charge in [-0.2, -0.15) is 0 Å². The van der Waals surface area contributed by atoms with Crippen molar-refractivity contribution in [3.63, 3.8) is 0 Å². The average Bonchev–Trinajstić information content (AvgIpc) is 2.53. The summed E-state index contributed by atoms with van der Waals surface area (Å²) < 4.78 is 5.49. The lowest BCUT2D eigenvalue weighted by Gasteiger charge is -2.06. The van der Waals surface area contributed by atoms with Gasteiger partial charge in [-0.05, 0) is 42.2 Å². The molecule has 0 aliphatic carbocycles. The van der Waals surface area contributed by atoms with Gasteiger partial charge in [0, 0.05) is 6.20 Å². The monoisotopic (exact) mass is 269 g/mol. The lowest BCUT2D eigenvalue weighted by molar-refractivity contribution is 0.0916. The minimum absolute atomic E-state index is 0.0178. The molecule has 0 saturated heterocycles. The third kappa shape index (κ3) is 3.67. The van der Waals surface area contributed by atoms with Gasteiger partial charge in [-0.1, -0.05) is 32.0 Å². The summed E-state index contributed by atoms with van der Waals surface area (Å²) in [5.41, 5.74) is 2.82. The van der Waals surface area contributed by atoms with E-state index in [9.17, 15) is 4.79 Å². The van der Waals surface area contributed by atoms with Gasteiger partial charge in [-0.25, -0.2) is 0 Å². The van der Waals surface area contributed by atoms with E-state index in [1.807, 2.05) is 30.3 Å². The van der Waals surface area contributed by atoms with Crippen molar-refractivity contribution in [1.29, 1.82) is 0 Å². The molecule has 0 saturated carbocycles. The number of aromatic nitrogens is 1. The van der Waals surface area contributed by atoms with Gasteiger partial charge in [0.15, 0.2) is 6.61 Å². The van der Waals surface area contributed by atoms with Crippen molar-refractivity contribution in [2.24, 2.45) is 0 Å². The summed E-state index contributed by atoms with van der Waals surface area (Å²) in [5.74, 6) is 0.605. The molecule has 3 nitrogen and oxygen atoms in total. The summed E-state index contributed by atoms with van der Waals surface area (Å²) >= 11 is 0. The van der Waals surface area contributed by atoms with Gasteiger partial charge in [0.05, 0.1) is 0 Å². The van der Waals surface area contributed by atoms with Crippen molar-refractivity contribution in [2.45, 2.75) is 26.7 Å². The first-order chi connectivity index (χ1) is 9.72. The zero-order chi connectivity index (χ0) is 14.4. The van der Waals surface area contributed by atoms with Crippen LogP contribution in [0.2, 0.25) is 0 Å². The topological polar surface area (TPSA) is 39.2 Å². The van der Waals surface area contributed by atoms with Crippen LogP contribution in [0.1, 0.15) is 35.5 Å². The van der Waals surface area contributed by atoms with Crippen LogP contribution in [-0.4, -0.2) is 17.4 Å². The van der Waals surface area contributed by atoms with Crippen LogP contribution in [0.25, 0.3) is 0 Å². The summed E-state index contributed by atoms with van der Waals surface area (Å²) in [7, 11) is 0. The van der Waals surface area contributed by atoms with Gasteiger partial charge in [-0.15, -0.1) is 0 Å². The smallest absolute Gasteiger partial charge is 0.218 e. The fourth-order valence-corrected chi connectivity index (χ4v) is 1.84. The first-order valence-electron chi connectivity index (χ1n) is 6.92. The highest BCUT2D eigenvalue weighted by Gasteiger charge is 2.08. The van der Waals surface area contributed by atoms with Crippen molar-refractivity contribution in [1.82, 2.24) is 4.98 Å². The molecule has 2 aromatic rings. The Morgan fingerprint density at radius 1 is 1.00 bits per heavy atom. The average molecular weight is 269 g/mol. The molecule has 0 atom stereocenters. The molecule has 104 valence electrons. The Labute approximate surface area is 119 Å². The number of pyridine rings is 1. The van der Waals surface area contributed by atoms with Crippen molar-refractivity contribution in [2.75, 3.05) is 6.61 Å². The third-order valence-electron chi connectivity index (χ3n) is 3.22. The molecule has 20 heavy (non-hydrogen) atoms. The summed E-state index contributed by atoms with van der Waals surface area (Å²) in [5, 5.41) is 0. The minimum Gasteiger partial charge on any atom is -0.485 e. The second-order valence-electron chi connectivity index (χ2n) is 4.61. The number of benzene rings is 1. The van der Waals surface area contributed by atoms with Crippen LogP contribution in [0.4, 0.5) is 0 Å². The molecular weight excluding hydrogens is 250 g/mol. The number of Topliss-reactive ketones (excluding diaryl/α,β-unsaturated/α-hetero) is 1. The molecule has 0 amide bonds. The molecule has 0 N–H and O–H groups in total. The predicted octanol–water partition coefficient (Wildman–Crippen LogP) is 3.47. The molecule has 0 unspecified atom stereocenters. The molecule has 1 aromatic carbocycles. The summed E-state index contributed by atoms with van der Waals surface area (Å²) in [4.78, 5) is 16.1. The maximum Gasteiger partial charge on any atom is 0.218 e. The van der Waals surface area contributed by atoms with Crippen molar-refractivity contribution >= 4 is 5.78 Å². The maximum atomic E-state index is 12.0. The quantitative estimate of drug-likeness (QED) is 0.754.